The van der Waals surface area contributed by atoms with Gasteiger partial charge >= 0.3 is 0 Å². The molecular weight excluding hydrogens is 510 g/mol. The minimum atomic E-state index is -1.16. The van der Waals surface area contributed by atoms with Crippen LogP contribution in [0.15, 0.2) is 60.2 Å². The molecule has 9 heteroatoms. The Morgan fingerprint density at radius 3 is 2.37 bits per heavy atom. The number of halogens is 1. The Hall–Kier alpha value is -4.17. The molecule has 1 saturated heterocycles. The molecule has 3 aromatic carbocycles. The molecule has 1 unspecified atom stereocenters. The molecule has 0 radical (unpaired) electrons. The van der Waals surface area contributed by atoms with E-state index in [1.54, 1.807) is 25.1 Å². The average Bonchev–Trinajstić information content (AvgIpc) is 3.15. The van der Waals surface area contributed by atoms with Crippen LogP contribution in [0.25, 0.3) is 5.76 Å². The van der Waals surface area contributed by atoms with Crippen molar-refractivity contribution in [3.05, 3.63) is 81.9 Å². The number of ketones is 1. The predicted octanol–water partition coefficient (Wildman–Crippen LogP) is 5.87. The molecule has 1 aliphatic heterocycles. The molecule has 198 valence electrons. The Bertz CT molecular complexity index is 1430. The number of hydrogen-bond donors (Lipinski definition) is 3. The van der Waals surface area contributed by atoms with Gasteiger partial charge in [0, 0.05) is 10.6 Å². The topological polar surface area (TPSA) is 117 Å². The summed E-state index contributed by atoms with van der Waals surface area (Å²) in [7, 11) is 0. The van der Waals surface area contributed by atoms with Gasteiger partial charge in [0.15, 0.2) is 11.5 Å². The number of rotatable bonds is 8. The van der Waals surface area contributed by atoms with Crippen LogP contribution < -0.4 is 14.4 Å². The van der Waals surface area contributed by atoms with Crippen LogP contribution in [-0.4, -0.2) is 40.2 Å². The van der Waals surface area contributed by atoms with E-state index >= 15 is 0 Å². The first kappa shape index (κ1) is 26.9. The minimum absolute atomic E-state index is 0.00539. The van der Waals surface area contributed by atoms with Crippen LogP contribution in [0.5, 0.6) is 23.0 Å². The van der Waals surface area contributed by atoms with Gasteiger partial charge < -0.3 is 24.8 Å². The third-order valence-electron chi connectivity index (χ3n) is 6.15. The van der Waals surface area contributed by atoms with Crippen molar-refractivity contribution in [2.75, 3.05) is 18.1 Å². The first-order chi connectivity index (χ1) is 18.2. The number of Topliss-reactive ketones (excluding diaryl/α,β-unsaturated/α-hetero) is 1. The van der Waals surface area contributed by atoms with Crippen LogP contribution in [0.3, 0.4) is 0 Å². The third-order valence-corrected chi connectivity index (χ3v) is 6.39. The van der Waals surface area contributed by atoms with Crippen molar-refractivity contribution in [3.8, 4) is 23.0 Å². The van der Waals surface area contributed by atoms with Gasteiger partial charge in [-0.15, -0.1) is 0 Å². The molecule has 0 aliphatic carbocycles. The summed E-state index contributed by atoms with van der Waals surface area (Å²) < 4.78 is 11.2. The number of phenolic OH excluding ortho intramolecular Hbond substituents is 2. The summed E-state index contributed by atoms with van der Waals surface area (Å²) in [5, 5.41) is 32.5. The molecule has 0 spiro atoms. The van der Waals surface area contributed by atoms with Gasteiger partial charge in [-0.2, -0.15) is 0 Å². The summed E-state index contributed by atoms with van der Waals surface area (Å²) in [4.78, 5) is 27.9. The highest BCUT2D eigenvalue weighted by Gasteiger charge is 2.48. The van der Waals surface area contributed by atoms with Crippen LogP contribution in [0.2, 0.25) is 5.02 Å². The number of aryl methyl sites for hydroxylation is 1. The molecule has 0 aromatic heterocycles. The zero-order valence-electron chi connectivity index (χ0n) is 21.2. The molecule has 3 N–H and O–H groups in total. The van der Waals surface area contributed by atoms with Gasteiger partial charge in [0.05, 0.1) is 30.5 Å². The summed E-state index contributed by atoms with van der Waals surface area (Å²) >= 11 is 6.16. The number of aromatic hydroxyl groups is 2. The number of phenols is 2. The lowest BCUT2D eigenvalue weighted by Crippen LogP contribution is -2.29. The van der Waals surface area contributed by atoms with Gasteiger partial charge in [0.1, 0.15) is 17.3 Å². The van der Waals surface area contributed by atoms with Gasteiger partial charge in [-0.1, -0.05) is 24.6 Å². The first-order valence-electron chi connectivity index (χ1n) is 12.2. The number of carbonyl (C=O) groups excluding carboxylic acids is 2. The summed E-state index contributed by atoms with van der Waals surface area (Å²) in [5.74, 6) is -1.92. The van der Waals surface area contributed by atoms with Crippen molar-refractivity contribution < 1.29 is 34.4 Å². The molecule has 1 heterocycles. The second-order valence-corrected chi connectivity index (χ2v) is 9.23. The second kappa shape index (κ2) is 11.1. The van der Waals surface area contributed by atoms with Gasteiger partial charge in [0.25, 0.3) is 11.7 Å². The molecule has 0 saturated carbocycles. The van der Waals surface area contributed by atoms with E-state index in [-0.39, 0.29) is 40.1 Å². The number of aliphatic hydroxyl groups is 1. The predicted molar refractivity (Wildman–Crippen MR) is 144 cm³/mol. The van der Waals surface area contributed by atoms with E-state index in [9.17, 15) is 24.9 Å². The maximum Gasteiger partial charge on any atom is 0.300 e. The van der Waals surface area contributed by atoms with Crippen molar-refractivity contribution >= 4 is 34.7 Å². The Morgan fingerprint density at radius 2 is 1.68 bits per heavy atom. The molecule has 0 bridgehead atoms. The number of anilines is 1. The Kier molecular flexibility index (Phi) is 7.83. The van der Waals surface area contributed by atoms with Gasteiger partial charge in [0.2, 0.25) is 0 Å². The Balaban J connectivity index is 1.94. The van der Waals surface area contributed by atoms with Gasteiger partial charge in [-0.05, 0) is 79.9 Å². The molecule has 8 nitrogen and oxygen atoms in total. The standard InChI is InChI=1S/C29H28ClNO7/c1-4-12-38-23-11-7-18(13-16(23)3)27(34)25-26(17-6-9-22(33)24(14-17)37-5-2)31(29(36)28(25)35)20-15-19(30)8-10-21(20)32/h6-11,13-15,26,32-34H,4-5,12H2,1-3H3/b27-25+. The quantitative estimate of drug-likeness (QED) is 0.187. The number of nitrogens with zero attached hydrogens (tertiary/aromatic N) is 1. The maximum atomic E-state index is 13.4. The van der Waals surface area contributed by atoms with Crippen molar-refractivity contribution in [1.29, 1.82) is 0 Å². The summed E-state index contributed by atoms with van der Waals surface area (Å²) in [6, 6.07) is 12.3. The fourth-order valence-electron chi connectivity index (χ4n) is 4.38. The van der Waals surface area contributed by atoms with E-state index in [1.165, 1.54) is 36.4 Å². The smallest absolute Gasteiger partial charge is 0.300 e. The fourth-order valence-corrected chi connectivity index (χ4v) is 4.55. The fraction of sp³-hybridized carbons (Fsp3) is 0.241. The number of hydrogen-bond acceptors (Lipinski definition) is 7. The Labute approximate surface area is 225 Å². The van der Waals surface area contributed by atoms with Crippen molar-refractivity contribution in [3.63, 3.8) is 0 Å². The van der Waals surface area contributed by atoms with Crippen molar-refractivity contribution in [1.82, 2.24) is 0 Å². The summed E-state index contributed by atoms with van der Waals surface area (Å²) in [5.41, 5.74) is 1.22. The van der Waals surface area contributed by atoms with Crippen LogP contribution in [-0.2, 0) is 9.59 Å². The van der Waals surface area contributed by atoms with E-state index in [2.05, 4.69) is 0 Å². The van der Waals surface area contributed by atoms with Crippen LogP contribution in [0, 0.1) is 6.92 Å². The molecular formula is C29H28ClNO7. The van der Waals surface area contributed by atoms with E-state index in [4.69, 9.17) is 21.1 Å². The monoisotopic (exact) mass is 537 g/mol. The molecule has 1 aliphatic rings. The number of aliphatic hydroxyl groups excluding tert-OH is 1. The normalized spacial score (nSPS) is 16.6. The Morgan fingerprint density at radius 1 is 0.947 bits per heavy atom. The lowest BCUT2D eigenvalue weighted by molar-refractivity contribution is -0.132. The van der Waals surface area contributed by atoms with Gasteiger partial charge in [-0.25, -0.2) is 0 Å². The summed E-state index contributed by atoms with van der Waals surface area (Å²) in [6.45, 7) is 6.35. The SMILES string of the molecule is CCCOc1ccc(/C(O)=C2\C(=O)C(=O)N(c3cc(Cl)ccc3O)C2c2ccc(O)c(OCC)c2)cc1C. The number of carbonyl (C=O) groups is 2. The molecule has 1 fully saturated rings. The maximum absolute atomic E-state index is 13.4. The average molecular weight is 538 g/mol. The van der Waals surface area contributed by atoms with E-state index in [0.717, 1.165) is 16.9 Å². The summed E-state index contributed by atoms with van der Waals surface area (Å²) in [6.07, 6.45) is 0.831. The zero-order valence-corrected chi connectivity index (χ0v) is 22.0. The minimum Gasteiger partial charge on any atom is -0.507 e. The van der Waals surface area contributed by atoms with Gasteiger partial charge in [-0.3, -0.25) is 14.5 Å². The van der Waals surface area contributed by atoms with Crippen LogP contribution in [0.4, 0.5) is 5.69 Å². The first-order valence-corrected chi connectivity index (χ1v) is 12.5. The molecule has 3 aromatic rings. The van der Waals surface area contributed by atoms with Crippen LogP contribution in [0.1, 0.15) is 43.0 Å². The number of ether oxygens (including phenoxy) is 2. The number of benzene rings is 3. The van der Waals surface area contributed by atoms with Crippen LogP contribution >= 0.6 is 11.6 Å². The largest absolute Gasteiger partial charge is 0.507 e. The molecule has 1 amide bonds. The highest BCUT2D eigenvalue weighted by Crippen LogP contribution is 2.46. The molecule has 38 heavy (non-hydrogen) atoms. The van der Waals surface area contributed by atoms with E-state index in [1.807, 2.05) is 13.8 Å². The highest BCUT2D eigenvalue weighted by molar-refractivity contribution is 6.52. The third kappa shape index (κ3) is 4.99. The zero-order chi connectivity index (χ0) is 27.6. The van der Waals surface area contributed by atoms with Crippen molar-refractivity contribution in [2.45, 2.75) is 33.2 Å². The number of amides is 1. The van der Waals surface area contributed by atoms with Crippen molar-refractivity contribution in [2.24, 2.45) is 0 Å². The van der Waals surface area contributed by atoms with E-state index in [0.29, 0.717) is 23.5 Å². The lowest BCUT2D eigenvalue weighted by Gasteiger charge is -2.26. The van der Waals surface area contributed by atoms with E-state index < -0.39 is 23.5 Å². The lowest BCUT2D eigenvalue weighted by atomic mass is 9.94. The molecule has 1 atom stereocenters. The second-order valence-electron chi connectivity index (χ2n) is 8.79. The molecule has 4 rings (SSSR count). The highest BCUT2D eigenvalue weighted by atomic mass is 35.5.